The van der Waals surface area contributed by atoms with Crippen LogP contribution in [0.15, 0.2) is 18.2 Å². The molecule has 1 unspecified atom stereocenters. The molecule has 3 rings (SSSR count). The zero-order chi connectivity index (χ0) is 11.0. The Balaban J connectivity index is 2.01. The molecule has 84 valence electrons. The summed E-state index contributed by atoms with van der Waals surface area (Å²) < 4.78 is 6.50. The van der Waals surface area contributed by atoms with Gasteiger partial charge in [-0.1, -0.05) is 17.7 Å². The van der Waals surface area contributed by atoms with Crippen LogP contribution in [-0.2, 0) is 4.74 Å². The predicted octanol–water partition coefficient (Wildman–Crippen LogP) is 2.61. The van der Waals surface area contributed by atoms with Gasteiger partial charge in [-0.2, -0.15) is 0 Å². The van der Waals surface area contributed by atoms with Gasteiger partial charge in [-0.3, -0.25) is 0 Å². The quantitative estimate of drug-likeness (QED) is 0.850. The summed E-state index contributed by atoms with van der Waals surface area (Å²) in [4.78, 5) is 4.59. The van der Waals surface area contributed by atoms with E-state index in [0.717, 1.165) is 33.4 Å². The van der Waals surface area contributed by atoms with E-state index in [2.05, 4.69) is 10.3 Å². The molecule has 0 spiro atoms. The second kappa shape index (κ2) is 4.30. The number of halogens is 1. The highest BCUT2D eigenvalue weighted by Gasteiger charge is 2.19. The van der Waals surface area contributed by atoms with E-state index < -0.39 is 0 Å². The zero-order valence-corrected chi connectivity index (χ0v) is 10.1. The van der Waals surface area contributed by atoms with Crippen molar-refractivity contribution in [2.24, 2.45) is 0 Å². The fourth-order valence-corrected chi connectivity index (χ4v) is 3.12. The Morgan fingerprint density at radius 1 is 1.50 bits per heavy atom. The second-order valence-electron chi connectivity index (χ2n) is 3.72. The van der Waals surface area contributed by atoms with Crippen molar-refractivity contribution >= 4 is 33.2 Å². The first-order chi connectivity index (χ1) is 7.84. The number of benzene rings is 1. The van der Waals surface area contributed by atoms with Crippen LogP contribution >= 0.6 is 22.9 Å². The summed E-state index contributed by atoms with van der Waals surface area (Å²) in [6.45, 7) is 2.36. The number of hydrogen-bond donors (Lipinski definition) is 1. The van der Waals surface area contributed by atoms with E-state index in [1.54, 1.807) is 11.3 Å². The summed E-state index contributed by atoms with van der Waals surface area (Å²) in [5.74, 6) is 0. The second-order valence-corrected chi connectivity index (χ2v) is 5.16. The maximum Gasteiger partial charge on any atom is 0.113 e. The van der Waals surface area contributed by atoms with Gasteiger partial charge in [0.25, 0.3) is 0 Å². The number of nitrogens with one attached hydrogen (secondary N) is 1. The van der Waals surface area contributed by atoms with Crippen LogP contribution in [0, 0.1) is 0 Å². The Hall–Kier alpha value is -0.680. The Labute approximate surface area is 102 Å². The molecule has 3 nitrogen and oxygen atoms in total. The standard InChI is InChI=1S/C11H11ClN2OS/c12-7-2-1-3-8-10(7)16-11(14-8)9-6-15-5-4-13-9/h1-3,9,13H,4-6H2. The summed E-state index contributed by atoms with van der Waals surface area (Å²) in [7, 11) is 0. The average molecular weight is 255 g/mol. The molecule has 1 aliphatic heterocycles. The third-order valence-corrected chi connectivity index (χ3v) is 4.25. The zero-order valence-electron chi connectivity index (χ0n) is 8.57. The van der Waals surface area contributed by atoms with Gasteiger partial charge in [0.05, 0.1) is 34.5 Å². The lowest BCUT2D eigenvalue weighted by molar-refractivity contribution is 0.0768. The minimum Gasteiger partial charge on any atom is -0.378 e. The number of hydrogen-bond acceptors (Lipinski definition) is 4. The van der Waals surface area contributed by atoms with Gasteiger partial charge in [-0.05, 0) is 12.1 Å². The summed E-state index contributed by atoms with van der Waals surface area (Å²) in [5.41, 5.74) is 0.972. The molecule has 5 heteroatoms. The lowest BCUT2D eigenvalue weighted by atomic mass is 10.3. The lowest BCUT2D eigenvalue weighted by Gasteiger charge is -2.21. The molecule has 0 saturated carbocycles. The maximum atomic E-state index is 6.13. The van der Waals surface area contributed by atoms with E-state index in [9.17, 15) is 0 Å². The molecule has 1 saturated heterocycles. The van der Waals surface area contributed by atoms with Crippen LogP contribution in [0.3, 0.4) is 0 Å². The Morgan fingerprint density at radius 3 is 3.19 bits per heavy atom. The largest absolute Gasteiger partial charge is 0.378 e. The molecule has 1 N–H and O–H groups in total. The normalized spacial score (nSPS) is 21.4. The number of morpholine rings is 1. The molecule has 0 aliphatic carbocycles. The highest BCUT2D eigenvalue weighted by Crippen LogP contribution is 2.32. The molecule has 2 aromatic rings. The van der Waals surface area contributed by atoms with Crippen LogP contribution < -0.4 is 5.32 Å². The maximum absolute atomic E-state index is 6.13. The minimum absolute atomic E-state index is 0.210. The molecule has 0 bridgehead atoms. The summed E-state index contributed by atoms with van der Waals surface area (Å²) in [5, 5.41) is 5.23. The molecule has 1 fully saturated rings. The van der Waals surface area contributed by atoms with Gasteiger partial charge in [0.15, 0.2) is 0 Å². The lowest BCUT2D eigenvalue weighted by Crippen LogP contribution is -2.34. The molecule has 1 atom stereocenters. The van der Waals surface area contributed by atoms with E-state index in [-0.39, 0.29) is 6.04 Å². The number of fused-ring (bicyclic) bond motifs is 1. The van der Waals surface area contributed by atoms with Crippen LogP contribution in [0.5, 0.6) is 0 Å². The van der Waals surface area contributed by atoms with E-state index in [1.165, 1.54) is 0 Å². The van der Waals surface area contributed by atoms with Gasteiger partial charge >= 0.3 is 0 Å². The molecule has 2 heterocycles. The van der Waals surface area contributed by atoms with Crippen molar-refractivity contribution in [2.75, 3.05) is 19.8 Å². The highest BCUT2D eigenvalue weighted by atomic mass is 35.5. The van der Waals surface area contributed by atoms with Gasteiger partial charge < -0.3 is 10.1 Å². The smallest absolute Gasteiger partial charge is 0.113 e. The van der Waals surface area contributed by atoms with Gasteiger partial charge in [0.2, 0.25) is 0 Å². The summed E-state index contributed by atoms with van der Waals surface area (Å²) in [6, 6.07) is 6.03. The van der Waals surface area contributed by atoms with E-state index >= 15 is 0 Å². The molecular formula is C11H11ClN2OS. The SMILES string of the molecule is Clc1cccc2nc(C3COCCN3)sc12. The van der Waals surface area contributed by atoms with Crippen molar-refractivity contribution in [1.29, 1.82) is 0 Å². The molecule has 1 aliphatic rings. The van der Waals surface area contributed by atoms with Crippen molar-refractivity contribution in [2.45, 2.75) is 6.04 Å². The van der Waals surface area contributed by atoms with Gasteiger partial charge in [0, 0.05) is 6.54 Å². The highest BCUT2D eigenvalue weighted by molar-refractivity contribution is 7.19. The number of ether oxygens (including phenoxy) is 1. The molecule has 0 radical (unpaired) electrons. The van der Waals surface area contributed by atoms with Crippen molar-refractivity contribution in [1.82, 2.24) is 10.3 Å². The summed E-state index contributed by atoms with van der Waals surface area (Å²) in [6.07, 6.45) is 0. The molecule has 1 aromatic carbocycles. The van der Waals surface area contributed by atoms with Crippen molar-refractivity contribution in [3.63, 3.8) is 0 Å². The minimum atomic E-state index is 0.210. The topological polar surface area (TPSA) is 34.1 Å². The average Bonchev–Trinajstić information content (AvgIpc) is 2.76. The van der Waals surface area contributed by atoms with E-state index in [0.29, 0.717) is 6.61 Å². The number of thiazole rings is 1. The van der Waals surface area contributed by atoms with Crippen LogP contribution in [0.2, 0.25) is 5.02 Å². The molecular weight excluding hydrogens is 244 g/mol. The summed E-state index contributed by atoms with van der Waals surface area (Å²) >= 11 is 7.77. The van der Waals surface area contributed by atoms with Crippen LogP contribution in [0.1, 0.15) is 11.0 Å². The van der Waals surface area contributed by atoms with E-state index in [1.807, 2.05) is 18.2 Å². The monoisotopic (exact) mass is 254 g/mol. The molecule has 16 heavy (non-hydrogen) atoms. The fraction of sp³-hybridized carbons (Fsp3) is 0.364. The van der Waals surface area contributed by atoms with Gasteiger partial charge in [-0.15, -0.1) is 11.3 Å². The third-order valence-electron chi connectivity index (χ3n) is 2.60. The fourth-order valence-electron chi connectivity index (χ4n) is 1.81. The van der Waals surface area contributed by atoms with Crippen molar-refractivity contribution < 1.29 is 4.74 Å². The van der Waals surface area contributed by atoms with Crippen molar-refractivity contribution in [3.8, 4) is 0 Å². The first-order valence-corrected chi connectivity index (χ1v) is 6.40. The van der Waals surface area contributed by atoms with Crippen LogP contribution in [-0.4, -0.2) is 24.7 Å². The van der Waals surface area contributed by atoms with Gasteiger partial charge in [-0.25, -0.2) is 4.98 Å². The van der Waals surface area contributed by atoms with Crippen LogP contribution in [0.25, 0.3) is 10.2 Å². The molecule has 0 amide bonds. The number of nitrogens with zero attached hydrogens (tertiary/aromatic N) is 1. The predicted molar refractivity (Wildman–Crippen MR) is 66.2 cm³/mol. The Morgan fingerprint density at radius 2 is 2.44 bits per heavy atom. The van der Waals surface area contributed by atoms with E-state index in [4.69, 9.17) is 16.3 Å². The number of rotatable bonds is 1. The van der Waals surface area contributed by atoms with Crippen LogP contribution in [0.4, 0.5) is 0 Å². The van der Waals surface area contributed by atoms with Gasteiger partial charge in [0.1, 0.15) is 5.01 Å². The molecule has 1 aromatic heterocycles. The Bertz CT molecular complexity index is 508. The van der Waals surface area contributed by atoms with Crippen molar-refractivity contribution in [3.05, 3.63) is 28.2 Å². The third kappa shape index (κ3) is 1.82. The number of aromatic nitrogens is 1. The first-order valence-electron chi connectivity index (χ1n) is 5.20. The Kier molecular flexibility index (Phi) is 2.81. The first kappa shape index (κ1) is 10.5.